The Hall–Kier alpha value is -4.71. The number of imide groups is 1. The number of piperidine rings is 1. The van der Waals surface area contributed by atoms with Gasteiger partial charge in [0.2, 0.25) is 17.7 Å². The van der Waals surface area contributed by atoms with E-state index in [9.17, 15) is 45.5 Å². The molecule has 4 heterocycles. The van der Waals surface area contributed by atoms with Gasteiger partial charge >= 0.3 is 12.9 Å². The summed E-state index contributed by atoms with van der Waals surface area (Å²) in [4.78, 5) is 59.3. The molecule has 1 atom stereocenters. The molecule has 1 saturated carbocycles. The Kier molecular flexibility index (Phi) is 16.1. The fraction of sp³-hybridized carbons (Fsp3) is 0.553. The first-order chi connectivity index (χ1) is 27.4. The Labute approximate surface area is 340 Å². The molecule has 4 fully saturated rings. The third-order valence-corrected chi connectivity index (χ3v) is 10.7. The highest BCUT2D eigenvalue weighted by atomic mass is 32.1. The second kappa shape index (κ2) is 20.3. The number of nitrogens with one attached hydrogen (secondary N) is 2. The second-order valence-corrected chi connectivity index (χ2v) is 15.0. The van der Waals surface area contributed by atoms with Gasteiger partial charge in [-0.3, -0.25) is 39.2 Å². The van der Waals surface area contributed by atoms with Crippen LogP contribution in [0.2, 0.25) is 0 Å². The van der Waals surface area contributed by atoms with Gasteiger partial charge in [0.1, 0.15) is 11.6 Å². The number of nitriles is 1. The highest BCUT2D eigenvalue weighted by molar-refractivity contribution is 7.80. The molecule has 320 valence electrons. The quantitative estimate of drug-likeness (QED) is 0.176. The lowest BCUT2D eigenvalue weighted by molar-refractivity contribution is -0.138. The third-order valence-electron chi connectivity index (χ3n) is 10.3. The lowest BCUT2D eigenvalue weighted by atomic mass is 9.90. The van der Waals surface area contributed by atoms with Crippen LogP contribution in [0.1, 0.15) is 84.4 Å². The molecule has 20 heteroatoms. The zero-order valence-electron chi connectivity index (χ0n) is 32.0. The summed E-state index contributed by atoms with van der Waals surface area (Å²) in [6.07, 6.45) is 2.18. The minimum absolute atomic E-state index is 0. The standard InChI is InChI=1S/C19H26N4O4.C18H19F3N4OS.CHF3.2H2/c24-12-11-22-7-9-23(10-8-22)13-18(26)20-15-3-1-14(2-4-15)16-5-6-17(25)21-19(16)27;1-17(2)15(26)24(16(27)25(17)11-6-4-3-5-7-11)12-8-13(18(19,20)21)14(9-22)23-10-12;2-1(3)4;;/h1-4,16,24H,5-13H2,(H,20,26)(H,21,25,27);8,10-11H,3-7H2,1-2H3;1H;2*1H. The van der Waals surface area contributed by atoms with Crippen LogP contribution in [0.15, 0.2) is 36.5 Å². The number of β-amino-alcohol motifs (C(OH)–C–C–N with tert-alkyl or cyclic N) is 1. The molecule has 1 aromatic heterocycles. The van der Waals surface area contributed by atoms with Crippen LogP contribution in [-0.4, -0.2) is 118 Å². The number of amides is 4. The van der Waals surface area contributed by atoms with E-state index < -0.39 is 35.6 Å². The Morgan fingerprint density at radius 3 is 2.21 bits per heavy atom. The number of aliphatic hydroxyl groups is 1. The summed E-state index contributed by atoms with van der Waals surface area (Å²) in [7, 11) is 0. The number of nitrogens with zero attached hydrogens (tertiary/aromatic N) is 6. The predicted octanol–water partition coefficient (Wildman–Crippen LogP) is 5.44. The fourth-order valence-electron chi connectivity index (χ4n) is 7.40. The molecule has 58 heavy (non-hydrogen) atoms. The number of carbonyl (C=O) groups is 4. The third kappa shape index (κ3) is 11.9. The van der Waals surface area contributed by atoms with Gasteiger partial charge in [-0.05, 0) is 69.1 Å². The molecule has 4 aliphatic rings. The minimum atomic E-state index is -4.75. The van der Waals surface area contributed by atoms with Crippen molar-refractivity contribution >= 4 is 52.3 Å². The average Bonchev–Trinajstić information content (AvgIpc) is 3.34. The highest BCUT2D eigenvalue weighted by Gasteiger charge is 2.52. The van der Waals surface area contributed by atoms with Crippen molar-refractivity contribution in [1.29, 1.82) is 5.26 Å². The summed E-state index contributed by atoms with van der Waals surface area (Å²) in [5.41, 5.74) is -1.39. The topological polar surface area (TPSA) is 162 Å². The van der Waals surface area contributed by atoms with E-state index in [4.69, 9.17) is 22.6 Å². The van der Waals surface area contributed by atoms with Crippen molar-refractivity contribution in [1.82, 2.24) is 25.0 Å². The second-order valence-electron chi connectivity index (χ2n) is 14.6. The highest BCUT2D eigenvalue weighted by Crippen LogP contribution is 2.40. The zero-order valence-corrected chi connectivity index (χ0v) is 32.9. The molecule has 6 rings (SSSR count). The number of thiocarbonyl (C=S) groups is 1. The van der Waals surface area contributed by atoms with Gasteiger partial charge in [0.05, 0.1) is 36.5 Å². The van der Waals surface area contributed by atoms with Crippen LogP contribution in [0.3, 0.4) is 0 Å². The predicted molar refractivity (Wildman–Crippen MR) is 208 cm³/mol. The number of piperazine rings is 1. The van der Waals surface area contributed by atoms with Crippen molar-refractivity contribution in [3.8, 4) is 6.07 Å². The zero-order chi connectivity index (χ0) is 42.8. The Bertz CT molecular complexity index is 1840. The minimum Gasteiger partial charge on any atom is -0.395 e. The largest absolute Gasteiger partial charge is 0.419 e. The van der Waals surface area contributed by atoms with Gasteiger partial charge in [0.15, 0.2) is 10.8 Å². The SMILES string of the molecule is CC1(C)C(=O)N(c2cnc(C#N)c(C(F)(F)F)c2)C(=S)N1C1CCCCC1.FC(F)F.O=C1CCC(c2ccc(NC(=O)CN3CCN(CCO)CC3)cc2)C(=O)N1.[HH].[HH]. The van der Waals surface area contributed by atoms with Crippen LogP contribution >= 0.6 is 12.2 Å². The van der Waals surface area contributed by atoms with Crippen LogP contribution < -0.4 is 15.5 Å². The number of benzene rings is 1. The van der Waals surface area contributed by atoms with Gasteiger partial charge in [-0.25, -0.2) is 4.98 Å². The number of carbonyl (C=O) groups excluding carboxylic acids is 4. The van der Waals surface area contributed by atoms with Crippen LogP contribution in [0.4, 0.5) is 37.7 Å². The van der Waals surface area contributed by atoms with Gasteiger partial charge < -0.3 is 15.3 Å². The van der Waals surface area contributed by atoms with Crippen molar-refractivity contribution in [3.05, 3.63) is 53.3 Å². The summed E-state index contributed by atoms with van der Waals surface area (Å²) in [6, 6.07) is 9.52. The molecular weight excluding hydrogens is 795 g/mol. The Morgan fingerprint density at radius 2 is 1.66 bits per heavy atom. The molecule has 0 radical (unpaired) electrons. The summed E-state index contributed by atoms with van der Waals surface area (Å²) in [5, 5.41) is 23.3. The maximum absolute atomic E-state index is 13.3. The smallest absolute Gasteiger partial charge is 0.395 e. The number of halogens is 6. The van der Waals surface area contributed by atoms with Gasteiger partial charge in [0.25, 0.3) is 5.91 Å². The summed E-state index contributed by atoms with van der Waals surface area (Å²) >= 11 is 5.51. The maximum Gasteiger partial charge on any atom is 0.419 e. The maximum atomic E-state index is 13.3. The van der Waals surface area contributed by atoms with Crippen LogP contribution in [0.25, 0.3) is 0 Å². The molecule has 13 nitrogen and oxygen atoms in total. The first-order valence-electron chi connectivity index (χ1n) is 18.7. The number of anilines is 2. The van der Waals surface area contributed by atoms with Crippen LogP contribution in [0.5, 0.6) is 0 Å². The number of aliphatic hydroxyl groups excluding tert-OH is 1. The number of pyridine rings is 1. The number of aromatic nitrogens is 1. The van der Waals surface area contributed by atoms with Crippen LogP contribution in [-0.2, 0) is 25.4 Å². The van der Waals surface area contributed by atoms with E-state index in [1.54, 1.807) is 26.0 Å². The molecule has 1 aliphatic carbocycles. The molecule has 3 N–H and O–H groups in total. The van der Waals surface area contributed by atoms with Gasteiger partial charge in [0, 0.05) is 53.7 Å². The van der Waals surface area contributed by atoms with Crippen molar-refractivity contribution in [3.63, 3.8) is 0 Å². The van der Waals surface area contributed by atoms with E-state index in [0.29, 0.717) is 31.6 Å². The monoisotopic (exact) mass is 844 g/mol. The summed E-state index contributed by atoms with van der Waals surface area (Å²) in [5.74, 6) is -1.26. The number of hydrogen-bond donors (Lipinski definition) is 3. The van der Waals surface area contributed by atoms with E-state index in [1.807, 2.05) is 17.0 Å². The van der Waals surface area contributed by atoms with Crippen molar-refractivity contribution < 1.29 is 53.5 Å². The molecule has 1 unspecified atom stereocenters. The van der Waals surface area contributed by atoms with Crippen molar-refractivity contribution in [2.75, 3.05) is 56.1 Å². The Balaban J connectivity index is 0.000000368. The molecular formula is C38H50F6N8O5S. The van der Waals surface area contributed by atoms with E-state index in [2.05, 4.69) is 25.4 Å². The average molecular weight is 845 g/mol. The number of hydrogen-bond acceptors (Lipinski definition) is 10. The van der Waals surface area contributed by atoms with E-state index >= 15 is 0 Å². The number of rotatable bonds is 8. The van der Waals surface area contributed by atoms with Gasteiger partial charge in [-0.1, -0.05) is 31.4 Å². The first-order valence-corrected chi connectivity index (χ1v) is 19.1. The van der Waals surface area contributed by atoms with E-state index in [-0.39, 0.29) is 49.9 Å². The molecule has 0 spiro atoms. The van der Waals surface area contributed by atoms with E-state index in [0.717, 1.165) is 81.0 Å². The summed E-state index contributed by atoms with van der Waals surface area (Å²) < 4.78 is 68.8. The molecule has 3 aliphatic heterocycles. The lowest BCUT2D eigenvalue weighted by Gasteiger charge is -2.39. The molecule has 1 aromatic carbocycles. The molecule has 3 saturated heterocycles. The lowest BCUT2D eigenvalue weighted by Crippen LogP contribution is -2.50. The van der Waals surface area contributed by atoms with Crippen molar-refractivity contribution in [2.24, 2.45) is 0 Å². The number of alkyl halides is 6. The molecule has 2 aromatic rings. The van der Waals surface area contributed by atoms with Gasteiger partial charge in [-0.15, -0.1) is 0 Å². The fourth-order valence-corrected chi connectivity index (χ4v) is 7.96. The van der Waals surface area contributed by atoms with E-state index in [1.165, 1.54) is 6.07 Å². The van der Waals surface area contributed by atoms with Crippen LogP contribution in [0, 0.1) is 11.3 Å². The molecule has 0 bridgehead atoms. The van der Waals surface area contributed by atoms with Gasteiger partial charge in [-0.2, -0.15) is 31.6 Å². The Morgan fingerprint density at radius 1 is 1.05 bits per heavy atom. The summed E-state index contributed by atoms with van der Waals surface area (Å²) in [6.45, 7) is 4.30. The first kappa shape index (κ1) is 46.0. The van der Waals surface area contributed by atoms with Crippen molar-refractivity contribution in [2.45, 2.75) is 89.1 Å². The normalized spacial score (nSPS) is 20.5. The molecule has 4 amide bonds.